The van der Waals surface area contributed by atoms with Crippen molar-refractivity contribution in [2.24, 2.45) is 0 Å². The van der Waals surface area contributed by atoms with Crippen molar-refractivity contribution in [3.05, 3.63) is 23.8 Å². The third-order valence-corrected chi connectivity index (χ3v) is 3.52. The maximum absolute atomic E-state index is 11.5. The van der Waals surface area contributed by atoms with Gasteiger partial charge in [0.25, 0.3) is 0 Å². The molecule has 0 amide bonds. The summed E-state index contributed by atoms with van der Waals surface area (Å²) in [7, 11) is 4.00. The molecule has 4 heteroatoms. The van der Waals surface area contributed by atoms with Crippen molar-refractivity contribution in [2.45, 2.75) is 6.92 Å². The van der Waals surface area contributed by atoms with Gasteiger partial charge < -0.3 is 15.1 Å². The van der Waals surface area contributed by atoms with Crippen molar-refractivity contribution in [2.75, 3.05) is 50.5 Å². The number of piperazine rings is 1. The molecule has 2 rings (SSSR count). The summed E-state index contributed by atoms with van der Waals surface area (Å²) in [6.07, 6.45) is 0. The standard InChI is InChI=1S/C14H21N3O/c1-11(18)13-5-4-12(10-14(13)15-2)17-8-6-16(3)7-9-17/h4-5,10,15H,6-9H2,1-3H3. The lowest BCUT2D eigenvalue weighted by atomic mass is 10.1. The number of nitrogens with zero attached hydrogens (tertiary/aromatic N) is 2. The summed E-state index contributed by atoms with van der Waals surface area (Å²) in [5.41, 5.74) is 2.87. The molecule has 0 atom stereocenters. The third kappa shape index (κ3) is 2.64. The number of hydrogen-bond donors (Lipinski definition) is 1. The molecule has 1 N–H and O–H groups in total. The van der Waals surface area contributed by atoms with E-state index in [4.69, 9.17) is 0 Å². The Hall–Kier alpha value is -1.55. The van der Waals surface area contributed by atoms with E-state index in [0.29, 0.717) is 0 Å². The number of likely N-dealkylation sites (N-methyl/N-ethyl adjacent to an activating group) is 1. The average molecular weight is 247 g/mol. The molecule has 98 valence electrons. The normalized spacial score (nSPS) is 16.7. The molecule has 0 aliphatic carbocycles. The first-order valence-corrected chi connectivity index (χ1v) is 6.38. The van der Waals surface area contributed by atoms with Crippen molar-refractivity contribution >= 4 is 17.2 Å². The Morgan fingerprint density at radius 3 is 2.44 bits per heavy atom. The van der Waals surface area contributed by atoms with E-state index in [-0.39, 0.29) is 5.78 Å². The number of nitrogens with one attached hydrogen (secondary N) is 1. The monoisotopic (exact) mass is 247 g/mol. The van der Waals surface area contributed by atoms with Gasteiger partial charge in [-0.2, -0.15) is 0 Å². The van der Waals surface area contributed by atoms with E-state index in [0.717, 1.165) is 37.4 Å². The van der Waals surface area contributed by atoms with E-state index in [9.17, 15) is 4.79 Å². The lowest BCUT2D eigenvalue weighted by molar-refractivity contribution is 0.101. The van der Waals surface area contributed by atoms with Gasteiger partial charge in [-0.15, -0.1) is 0 Å². The first kappa shape index (κ1) is 12.9. The lowest BCUT2D eigenvalue weighted by Gasteiger charge is -2.34. The predicted molar refractivity (Wildman–Crippen MR) is 75.7 cm³/mol. The Kier molecular flexibility index (Phi) is 3.87. The van der Waals surface area contributed by atoms with Gasteiger partial charge >= 0.3 is 0 Å². The van der Waals surface area contributed by atoms with E-state index < -0.39 is 0 Å². The van der Waals surface area contributed by atoms with Crippen LogP contribution < -0.4 is 10.2 Å². The maximum atomic E-state index is 11.5. The molecular weight excluding hydrogens is 226 g/mol. The van der Waals surface area contributed by atoms with Crippen molar-refractivity contribution < 1.29 is 4.79 Å². The van der Waals surface area contributed by atoms with Crippen molar-refractivity contribution in [3.63, 3.8) is 0 Å². The van der Waals surface area contributed by atoms with Gasteiger partial charge in [0.1, 0.15) is 0 Å². The van der Waals surface area contributed by atoms with E-state index in [1.165, 1.54) is 5.69 Å². The van der Waals surface area contributed by atoms with Gasteiger partial charge in [-0.25, -0.2) is 0 Å². The minimum Gasteiger partial charge on any atom is -0.387 e. The Bertz CT molecular complexity index is 437. The second-order valence-electron chi connectivity index (χ2n) is 4.83. The molecule has 4 nitrogen and oxygen atoms in total. The lowest BCUT2D eigenvalue weighted by Crippen LogP contribution is -2.44. The third-order valence-electron chi connectivity index (χ3n) is 3.52. The molecule has 0 saturated carbocycles. The molecule has 0 unspecified atom stereocenters. The Balaban J connectivity index is 2.22. The van der Waals surface area contributed by atoms with Crippen LogP contribution in [0.3, 0.4) is 0 Å². The van der Waals surface area contributed by atoms with Crippen LogP contribution in [0.25, 0.3) is 0 Å². The van der Waals surface area contributed by atoms with Crippen LogP contribution in [0.4, 0.5) is 11.4 Å². The molecule has 1 aliphatic heterocycles. The highest BCUT2D eigenvalue weighted by molar-refractivity contribution is 6.00. The SMILES string of the molecule is CNc1cc(N2CCN(C)CC2)ccc1C(C)=O. The number of anilines is 2. The molecule has 1 saturated heterocycles. The molecule has 0 aromatic heterocycles. The van der Waals surface area contributed by atoms with E-state index in [1.54, 1.807) is 6.92 Å². The summed E-state index contributed by atoms with van der Waals surface area (Å²) in [5, 5.41) is 3.11. The van der Waals surface area contributed by atoms with Gasteiger partial charge in [0.2, 0.25) is 0 Å². The fourth-order valence-corrected chi connectivity index (χ4v) is 2.31. The molecule has 0 spiro atoms. The van der Waals surface area contributed by atoms with Gasteiger partial charge in [-0.3, -0.25) is 4.79 Å². The highest BCUT2D eigenvalue weighted by atomic mass is 16.1. The number of carbonyl (C=O) groups excluding carboxylic acids is 1. The van der Waals surface area contributed by atoms with Crippen LogP contribution in [0.5, 0.6) is 0 Å². The molecule has 18 heavy (non-hydrogen) atoms. The molecular formula is C14H21N3O. The molecule has 1 aromatic carbocycles. The smallest absolute Gasteiger partial charge is 0.161 e. The summed E-state index contributed by atoms with van der Waals surface area (Å²) in [5.74, 6) is 0.101. The number of carbonyl (C=O) groups is 1. The first-order chi connectivity index (χ1) is 8.61. The van der Waals surface area contributed by atoms with Crippen LogP contribution in [0.2, 0.25) is 0 Å². The number of hydrogen-bond acceptors (Lipinski definition) is 4. The van der Waals surface area contributed by atoms with Gasteiger partial charge in [-0.1, -0.05) is 0 Å². The zero-order valence-electron chi connectivity index (χ0n) is 11.4. The number of ketones is 1. The van der Waals surface area contributed by atoms with Gasteiger partial charge in [0.15, 0.2) is 5.78 Å². The average Bonchev–Trinajstić information content (AvgIpc) is 2.38. The fourth-order valence-electron chi connectivity index (χ4n) is 2.31. The minimum absolute atomic E-state index is 0.101. The largest absolute Gasteiger partial charge is 0.387 e. The zero-order valence-corrected chi connectivity index (χ0v) is 11.4. The summed E-state index contributed by atoms with van der Waals surface area (Å²) in [4.78, 5) is 16.2. The summed E-state index contributed by atoms with van der Waals surface area (Å²) in [6.45, 7) is 5.86. The fraction of sp³-hybridized carbons (Fsp3) is 0.500. The Labute approximate surface area is 109 Å². The van der Waals surface area contributed by atoms with Crippen LogP contribution in [-0.4, -0.2) is 51.0 Å². The predicted octanol–water partition coefficient (Wildman–Crippen LogP) is 1.68. The van der Waals surface area contributed by atoms with Crippen molar-refractivity contribution in [1.29, 1.82) is 0 Å². The van der Waals surface area contributed by atoms with E-state index in [1.807, 2.05) is 19.2 Å². The van der Waals surface area contributed by atoms with Crippen LogP contribution in [0.1, 0.15) is 17.3 Å². The molecule has 0 radical (unpaired) electrons. The van der Waals surface area contributed by atoms with Crippen LogP contribution >= 0.6 is 0 Å². The second kappa shape index (κ2) is 5.40. The highest BCUT2D eigenvalue weighted by Gasteiger charge is 2.16. The Morgan fingerprint density at radius 1 is 1.22 bits per heavy atom. The zero-order chi connectivity index (χ0) is 13.1. The molecule has 1 fully saturated rings. The van der Waals surface area contributed by atoms with Gasteiger partial charge in [-0.05, 0) is 32.2 Å². The second-order valence-corrected chi connectivity index (χ2v) is 4.83. The topological polar surface area (TPSA) is 35.6 Å². The van der Waals surface area contributed by atoms with Crippen LogP contribution in [0, 0.1) is 0 Å². The quantitative estimate of drug-likeness (QED) is 0.824. The molecule has 1 heterocycles. The van der Waals surface area contributed by atoms with E-state index >= 15 is 0 Å². The van der Waals surface area contributed by atoms with Gasteiger partial charge in [0.05, 0.1) is 0 Å². The summed E-state index contributed by atoms with van der Waals surface area (Å²) < 4.78 is 0. The van der Waals surface area contributed by atoms with Crippen LogP contribution in [0.15, 0.2) is 18.2 Å². The molecule has 1 aromatic rings. The summed E-state index contributed by atoms with van der Waals surface area (Å²) in [6, 6.07) is 6.03. The maximum Gasteiger partial charge on any atom is 0.161 e. The Morgan fingerprint density at radius 2 is 1.89 bits per heavy atom. The van der Waals surface area contributed by atoms with Crippen LogP contribution in [-0.2, 0) is 0 Å². The first-order valence-electron chi connectivity index (χ1n) is 6.38. The minimum atomic E-state index is 0.101. The molecule has 1 aliphatic rings. The number of benzene rings is 1. The van der Waals surface area contributed by atoms with E-state index in [2.05, 4.69) is 28.2 Å². The molecule has 0 bridgehead atoms. The number of Topliss-reactive ketones (excluding diaryl/α,β-unsaturated/α-hetero) is 1. The van der Waals surface area contributed by atoms with Crippen molar-refractivity contribution in [1.82, 2.24) is 4.90 Å². The van der Waals surface area contributed by atoms with Crippen molar-refractivity contribution in [3.8, 4) is 0 Å². The summed E-state index contributed by atoms with van der Waals surface area (Å²) >= 11 is 0. The highest BCUT2D eigenvalue weighted by Crippen LogP contribution is 2.24. The van der Waals surface area contributed by atoms with Gasteiger partial charge in [0, 0.05) is 50.2 Å². The number of rotatable bonds is 3.